The average Bonchev–Trinajstić information content (AvgIpc) is 3.01. The molecule has 1 aromatic rings. The summed E-state index contributed by atoms with van der Waals surface area (Å²) in [5, 5.41) is 7.00. The lowest BCUT2D eigenvalue weighted by Crippen LogP contribution is -2.40. The van der Waals surface area contributed by atoms with Crippen molar-refractivity contribution in [1.29, 1.82) is 0 Å². The van der Waals surface area contributed by atoms with Crippen molar-refractivity contribution in [2.75, 3.05) is 13.1 Å². The minimum Gasteiger partial charge on any atom is -0.360 e. The Morgan fingerprint density at radius 2 is 2.20 bits per heavy atom. The molecule has 1 aliphatic carbocycles. The number of amides is 1. The predicted octanol–water partition coefficient (Wildman–Crippen LogP) is 2.01. The van der Waals surface area contributed by atoms with Gasteiger partial charge in [0.25, 0.3) is 5.91 Å². The van der Waals surface area contributed by atoms with E-state index in [2.05, 4.69) is 36.1 Å². The van der Waals surface area contributed by atoms with E-state index in [1.807, 2.05) is 0 Å². The van der Waals surface area contributed by atoms with Gasteiger partial charge in [-0.25, -0.2) is 0 Å². The Morgan fingerprint density at radius 3 is 2.80 bits per heavy atom. The molecule has 1 aromatic heterocycles. The van der Waals surface area contributed by atoms with Gasteiger partial charge in [0, 0.05) is 37.2 Å². The van der Waals surface area contributed by atoms with Crippen molar-refractivity contribution in [3.05, 3.63) is 17.5 Å². The van der Waals surface area contributed by atoms with E-state index in [0.717, 1.165) is 31.7 Å². The Morgan fingerprint density at radius 1 is 1.45 bits per heavy atom. The van der Waals surface area contributed by atoms with Crippen molar-refractivity contribution in [2.24, 2.45) is 5.92 Å². The summed E-state index contributed by atoms with van der Waals surface area (Å²) in [7, 11) is 0. The first-order valence-electron chi connectivity index (χ1n) is 7.56. The van der Waals surface area contributed by atoms with Crippen molar-refractivity contribution in [1.82, 2.24) is 15.4 Å². The largest absolute Gasteiger partial charge is 0.360 e. The second kappa shape index (κ2) is 5.20. The molecule has 5 heteroatoms. The molecule has 2 fully saturated rings. The fourth-order valence-corrected chi connectivity index (χ4v) is 2.81. The van der Waals surface area contributed by atoms with Crippen LogP contribution in [0.15, 0.2) is 10.6 Å². The van der Waals surface area contributed by atoms with Crippen LogP contribution in [-0.2, 0) is 0 Å². The highest BCUT2D eigenvalue weighted by Gasteiger charge is 2.33. The van der Waals surface area contributed by atoms with Crippen molar-refractivity contribution in [3.63, 3.8) is 0 Å². The molecule has 1 unspecified atom stereocenters. The van der Waals surface area contributed by atoms with Crippen LogP contribution < -0.4 is 5.32 Å². The summed E-state index contributed by atoms with van der Waals surface area (Å²) in [5.41, 5.74) is 0.419. The number of carbonyl (C=O) groups is 1. The molecule has 110 valence electrons. The zero-order chi connectivity index (χ0) is 14.3. The maximum Gasteiger partial charge on any atom is 0.273 e. The zero-order valence-corrected chi connectivity index (χ0v) is 12.4. The highest BCUT2D eigenvalue weighted by Crippen LogP contribution is 2.40. The lowest BCUT2D eigenvalue weighted by atomic mass is 10.1. The van der Waals surface area contributed by atoms with Gasteiger partial charge >= 0.3 is 0 Å². The fourth-order valence-electron chi connectivity index (χ4n) is 2.81. The molecule has 1 amide bonds. The summed E-state index contributed by atoms with van der Waals surface area (Å²) in [6.45, 7) is 8.52. The summed E-state index contributed by atoms with van der Waals surface area (Å²) in [6.07, 6.45) is 2.30. The molecule has 1 aliphatic heterocycles. The highest BCUT2D eigenvalue weighted by atomic mass is 16.5. The van der Waals surface area contributed by atoms with Crippen LogP contribution in [0.2, 0.25) is 0 Å². The molecular weight excluding hydrogens is 254 g/mol. The topological polar surface area (TPSA) is 58.4 Å². The Labute approximate surface area is 119 Å². The molecule has 0 bridgehead atoms. The predicted molar refractivity (Wildman–Crippen MR) is 75.6 cm³/mol. The van der Waals surface area contributed by atoms with Gasteiger partial charge in [0.05, 0.1) is 0 Å². The number of carbonyl (C=O) groups excluding carboxylic acids is 1. The second-order valence-corrected chi connectivity index (χ2v) is 6.49. The summed E-state index contributed by atoms with van der Waals surface area (Å²) < 4.78 is 5.24. The Balaban J connectivity index is 1.60. The molecule has 0 aromatic carbocycles. The lowest BCUT2D eigenvalue weighted by molar-refractivity contribution is 0.0921. The van der Waals surface area contributed by atoms with Crippen LogP contribution >= 0.6 is 0 Å². The quantitative estimate of drug-likeness (QED) is 0.914. The van der Waals surface area contributed by atoms with Crippen LogP contribution in [-0.4, -0.2) is 41.1 Å². The summed E-state index contributed by atoms with van der Waals surface area (Å²) in [6, 6.07) is 2.52. The van der Waals surface area contributed by atoms with Gasteiger partial charge in [-0.15, -0.1) is 0 Å². The molecule has 2 heterocycles. The molecular formula is C15H23N3O2. The third kappa shape index (κ3) is 2.73. The molecule has 1 N–H and O–H groups in total. The van der Waals surface area contributed by atoms with E-state index < -0.39 is 0 Å². The third-order valence-electron chi connectivity index (χ3n) is 4.43. The Kier molecular flexibility index (Phi) is 3.54. The highest BCUT2D eigenvalue weighted by molar-refractivity contribution is 5.92. The first-order valence-corrected chi connectivity index (χ1v) is 7.56. The molecule has 1 saturated carbocycles. The number of likely N-dealkylation sites (tertiary alicyclic amines) is 1. The monoisotopic (exact) mass is 277 g/mol. The lowest BCUT2D eigenvalue weighted by Gasteiger charge is -2.20. The number of hydrogen-bond donors (Lipinski definition) is 1. The van der Waals surface area contributed by atoms with E-state index >= 15 is 0 Å². The number of rotatable bonds is 4. The summed E-state index contributed by atoms with van der Waals surface area (Å²) in [5.74, 6) is 1.71. The van der Waals surface area contributed by atoms with E-state index in [1.165, 1.54) is 0 Å². The van der Waals surface area contributed by atoms with E-state index in [4.69, 9.17) is 4.52 Å². The normalized spacial score (nSPS) is 27.2. The van der Waals surface area contributed by atoms with Crippen LogP contribution in [0, 0.1) is 5.92 Å². The van der Waals surface area contributed by atoms with Gasteiger partial charge in [0.2, 0.25) is 0 Å². The molecule has 0 radical (unpaired) electrons. The van der Waals surface area contributed by atoms with Crippen LogP contribution in [0.3, 0.4) is 0 Å². The fraction of sp³-hybridized carbons (Fsp3) is 0.733. The number of nitrogens with one attached hydrogen (secondary N) is 1. The SMILES string of the molecule is CC1CN(C(C)C)C[C@H]1NC(=O)c1cc(C2CC2)on1. The summed E-state index contributed by atoms with van der Waals surface area (Å²) in [4.78, 5) is 14.6. The maximum absolute atomic E-state index is 12.2. The van der Waals surface area contributed by atoms with Crippen LogP contribution in [0.4, 0.5) is 0 Å². The van der Waals surface area contributed by atoms with Crippen LogP contribution in [0.5, 0.6) is 0 Å². The van der Waals surface area contributed by atoms with Crippen LogP contribution in [0.1, 0.15) is 55.8 Å². The second-order valence-electron chi connectivity index (χ2n) is 6.49. The minimum absolute atomic E-state index is 0.108. The van der Waals surface area contributed by atoms with Crippen molar-refractivity contribution in [3.8, 4) is 0 Å². The van der Waals surface area contributed by atoms with Crippen LogP contribution in [0.25, 0.3) is 0 Å². The average molecular weight is 277 g/mol. The molecule has 0 spiro atoms. The molecule has 5 nitrogen and oxygen atoms in total. The molecule has 2 aliphatic rings. The van der Waals surface area contributed by atoms with E-state index in [0.29, 0.717) is 23.6 Å². The first-order chi connectivity index (χ1) is 9.54. The summed E-state index contributed by atoms with van der Waals surface area (Å²) >= 11 is 0. The third-order valence-corrected chi connectivity index (χ3v) is 4.43. The molecule has 2 atom stereocenters. The molecule has 3 rings (SSSR count). The number of hydrogen-bond acceptors (Lipinski definition) is 4. The van der Waals surface area contributed by atoms with Gasteiger partial charge in [-0.3, -0.25) is 9.69 Å². The smallest absolute Gasteiger partial charge is 0.273 e. The first kappa shape index (κ1) is 13.6. The van der Waals surface area contributed by atoms with Crippen molar-refractivity contribution >= 4 is 5.91 Å². The van der Waals surface area contributed by atoms with Gasteiger partial charge in [-0.05, 0) is 32.6 Å². The number of aromatic nitrogens is 1. The van der Waals surface area contributed by atoms with Gasteiger partial charge in [0.15, 0.2) is 5.69 Å². The minimum atomic E-state index is -0.108. The van der Waals surface area contributed by atoms with Gasteiger partial charge < -0.3 is 9.84 Å². The maximum atomic E-state index is 12.2. The Bertz CT molecular complexity index is 493. The molecule has 20 heavy (non-hydrogen) atoms. The standard InChI is InChI=1S/C15H23N3O2/c1-9(2)18-7-10(3)13(8-18)16-15(19)12-6-14(20-17-12)11-4-5-11/h6,9-11,13H,4-5,7-8H2,1-3H3,(H,16,19)/t10?,13-/m1/s1. The van der Waals surface area contributed by atoms with E-state index in [-0.39, 0.29) is 11.9 Å². The zero-order valence-electron chi connectivity index (χ0n) is 12.4. The van der Waals surface area contributed by atoms with E-state index in [1.54, 1.807) is 6.07 Å². The van der Waals surface area contributed by atoms with Crippen molar-refractivity contribution < 1.29 is 9.32 Å². The number of nitrogens with zero attached hydrogens (tertiary/aromatic N) is 2. The van der Waals surface area contributed by atoms with Gasteiger partial charge in [-0.2, -0.15) is 0 Å². The van der Waals surface area contributed by atoms with E-state index in [9.17, 15) is 4.79 Å². The van der Waals surface area contributed by atoms with Gasteiger partial charge in [0.1, 0.15) is 5.76 Å². The van der Waals surface area contributed by atoms with Gasteiger partial charge in [-0.1, -0.05) is 12.1 Å². The molecule has 1 saturated heterocycles. The Hall–Kier alpha value is -1.36. The van der Waals surface area contributed by atoms with Crippen molar-refractivity contribution in [2.45, 2.75) is 51.6 Å².